The van der Waals surface area contributed by atoms with Crippen molar-refractivity contribution in [2.45, 2.75) is 36.8 Å². The predicted molar refractivity (Wildman–Crippen MR) is 72.5 cm³/mol. The van der Waals surface area contributed by atoms with Crippen molar-refractivity contribution in [3.8, 4) is 0 Å². The maximum Gasteiger partial charge on any atom is 0.233 e. The topological polar surface area (TPSA) is 81.1 Å². The quantitative estimate of drug-likeness (QED) is 0.246. The van der Waals surface area contributed by atoms with E-state index in [2.05, 4.69) is 18.4 Å². The minimum Gasteiger partial charge on any atom is -0.398 e. The van der Waals surface area contributed by atoms with Gasteiger partial charge >= 0.3 is 0 Å². The van der Waals surface area contributed by atoms with E-state index in [0.29, 0.717) is 11.7 Å². The van der Waals surface area contributed by atoms with Crippen LogP contribution in [0.3, 0.4) is 0 Å². The Kier molecular flexibility index (Phi) is 5.31. The van der Waals surface area contributed by atoms with E-state index in [0.717, 1.165) is 17.7 Å². The predicted octanol–water partition coefficient (Wildman–Crippen LogP) is 1.83. The van der Waals surface area contributed by atoms with E-state index in [9.17, 15) is 4.79 Å². The fraction of sp³-hybridized carbons (Fsp3) is 0.417. The number of thioether (sulfide) groups is 1. The Morgan fingerprint density at radius 2 is 2.24 bits per heavy atom. The molecule has 1 aromatic carbocycles. The van der Waals surface area contributed by atoms with Crippen molar-refractivity contribution in [3.63, 3.8) is 0 Å². The summed E-state index contributed by atoms with van der Waals surface area (Å²) in [6.45, 7) is 4.11. The van der Waals surface area contributed by atoms with Crippen LogP contribution in [0.1, 0.15) is 25.3 Å². The third kappa shape index (κ3) is 4.28. The number of anilines is 1. The number of amides is 1. The van der Waals surface area contributed by atoms with Gasteiger partial charge in [-0.1, -0.05) is 13.0 Å². The SMILES string of the molecule is Cc1c(N)cccc1SC(C)CCC(=O)NN. The monoisotopic (exact) mass is 253 g/mol. The molecule has 0 aliphatic heterocycles. The van der Waals surface area contributed by atoms with Gasteiger partial charge in [0.15, 0.2) is 0 Å². The van der Waals surface area contributed by atoms with Crippen molar-refractivity contribution in [1.29, 1.82) is 0 Å². The van der Waals surface area contributed by atoms with E-state index in [1.807, 2.05) is 19.1 Å². The van der Waals surface area contributed by atoms with Crippen LogP contribution < -0.4 is 17.0 Å². The normalized spacial score (nSPS) is 12.2. The summed E-state index contributed by atoms with van der Waals surface area (Å²) >= 11 is 1.74. The molecule has 94 valence electrons. The molecule has 0 aromatic heterocycles. The molecule has 0 bridgehead atoms. The highest BCUT2D eigenvalue weighted by molar-refractivity contribution is 8.00. The van der Waals surface area contributed by atoms with Crippen molar-refractivity contribution in [2.75, 3.05) is 5.73 Å². The molecule has 0 aliphatic rings. The van der Waals surface area contributed by atoms with Gasteiger partial charge in [0.25, 0.3) is 0 Å². The lowest BCUT2D eigenvalue weighted by atomic mass is 10.2. The molecule has 0 saturated heterocycles. The molecule has 1 atom stereocenters. The Hall–Kier alpha value is -1.20. The van der Waals surface area contributed by atoms with E-state index in [-0.39, 0.29) is 5.91 Å². The first-order valence-electron chi connectivity index (χ1n) is 5.55. The van der Waals surface area contributed by atoms with E-state index in [1.165, 1.54) is 4.90 Å². The molecule has 0 radical (unpaired) electrons. The Morgan fingerprint density at radius 1 is 1.53 bits per heavy atom. The number of rotatable bonds is 5. The Morgan fingerprint density at radius 3 is 2.88 bits per heavy atom. The van der Waals surface area contributed by atoms with Crippen molar-refractivity contribution in [3.05, 3.63) is 23.8 Å². The molecule has 1 aromatic rings. The second kappa shape index (κ2) is 6.51. The second-order valence-electron chi connectivity index (χ2n) is 4.01. The first-order valence-corrected chi connectivity index (χ1v) is 6.43. The highest BCUT2D eigenvalue weighted by Gasteiger charge is 2.09. The average molecular weight is 253 g/mol. The van der Waals surface area contributed by atoms with Crippen LogP contribution in [0.25, 0.3) is 0 Å². The number of nitrogens with two attached hydrogens (primary N) is 2. The standard InChI is InChI=1S/C12H19N3OS/c1-8(6-7-12(16)15-14)17-11-5-3-4-10(13)9(11)2/h3-5,8H,6-7,13-14H2,1-2H3,(H,15,16). The smallest absolute Gasteiger partial charge is 0.233 e. The first kappa shape index (κ1) is 13.9. The van der Waals surface area contributed by atoms with Gasteiger partial charge in [-0.05, 0) is 31.0 Å². The van der Waals surface area contributed by atoms with E-state index < -0.39 is 0 Å². The average Bonchev–Trinajstić information content (AvgIpc) is 2.32. The van der Waals surface area contributed by atoms with Crippen molar-refractivity contribution in [2.24, 2.45) is 5.84 Å². The highest BCUT2D eigenvalue weighted by atomic mass is 32.2. The maximum atomic E-state index is 11.0. The molecule has 0 heterocycles. The van der Waals surface area contributed by atoms with Gasteiger partial charge in [-0.25, -0.2) is 5.84 Å². The molecule has 17 heavy (non-hydrogen) atoms. The maximum absolute atomic E-state index is 11.0. The van der Waals surface area contributed by atoms with Crippen LogP contribution in [0, 0.1) is 6.92 Å². The van der Waals surface area contributed by atoms with Crippen LogP contribution in [-0.2, 0) is 4.79 Å². The molecule has 5 heteroatoms. The number of hydrogen-bond donors (Lipinski definition) is 3. The van der Waals surface area contributed by atoms with E-state index in [4.69, 9.17) is 11.6 Å². The summed E-state index contributed by atoms with van der Waals surface area (Å²) in [6.07, 6.45) is 1.24. The molecule has 4 nitrogen and oxygen atoms in total. The zero-order valence-electron chi connectivity index (χ0n) is 10.2. The molecule has 0 saturated carbocycles. The summed E-state index contributed by atoms with van der Waals surface area (Å²) in [5.74, 6) is 4.91. The minimum atomic E-state index is -0.123. The molecule has 1 unspecified atom stereocenters. The van der Waals surface area contributed by atoms with Gasteiger partial charge in [-0.15, -0.1) is 11.8 Å². The molecule has 1 rings (SSSR count). The molecule has 0 fully saturated rings. The third-order valence-corrected chi connectivity index (χ3v) is 3.93. The fourth-order valence-electron chi connectivity index (χ4n) is 1.44. The Bertz CT molecular complexity index is 395. The fourth-order valence-corrected chi connectivity index (χ4v) is 2.56. The van der Waals surface area contributed by atoms with Crippen molar-refractivity contribution in [1.82, 2.24) is 5.43 Å². The zero-order chi connectivity index (χ0) is 12.8. The van der Waals surface area contributed by atoms with Gasteiger partial charge < -0.3 is 5.73 Å². The third-order valence-electron chi connectivity index (χ3n) is 2.59. The summed E-state index contributed by atoms with van der Waals surface area (Å²) in [7, 11) is 0. The second-order valence-corrected chi connectivity index (χ2v) is 5.49. The number of nitrogens with one attached hydrogen (secondary N) is 1. The van der Waals surface area contributed by atoms with Crippen molar-refractivity contribution >= 4 is 23.4 Å². The van der Waals surface area contributed by atoms with Crippen LogP contribution >= 0.6 is 11.8 Å². The number of carbonyl (C=O) groups is 1. The minimum absolute atomic E-state index is 0.123. The van der Waals surface area contributed by atoms with E-state index >= 15 is 0 Å². The van der Waals surface area contributed by atoms with Gasteiger partial charge in [0.1, 0.15) is 0 Å². The molecule has 0 spiro atoms. The number of benzene rings is 1. The molecular formula is C12H19N3OS. The summed E-state index contributed by atoms with van der Waals surface area (Å²) in [5.41, 5.74) is 9.89. The van der Waals surface area contributed by atoms with E-state index in [1.54, 1.807) is 11.8 Å². The zero-order valence-corrected chi connectivity index (χ0v) is 11.0. The number of hydrogen-bond acceptors (Lipinski definition) is 4. The molecular weight excluding hydrogens is 234 g/mol. The van der Waals surface area contributed by atoms with Crippen molar-refractivity contribution < 1.29 is 4.79 Å². The van der Waals surface area contributed by atoms with Crippen LogP contribution in [0.5, 0.6) is 0 Å². The summed E-state index contributed by atoms with van der Waals surface area (Å²) in [6, 6.07) is 5.89. The lowest BCUT2D eigenvalue weighted by molar-refractivity contribution is -0.121. The Balaban J connectivity index is 2.53. The van der Waals surface area contributed by atoms with Crippen LogP contribution in [0.15, 0.2) is 23.1 Å². The highest BCUT2D eigenvalue weighted by Crippen LogP contribution is 2.31. The number of carbonyl (C=O) groups excluding carboxylic acids is 1. The van der Waals surface area contributed by atoms with Crippen LogP contribution in [0.2, 0.25) is 0 Å². The lowest BCUT2D eigenvalue weighted by Gasteiger charge is -2.13. The van der Waals surface area contributed by atoms with Gasteiger partial charge in [0.05, 0.1) is 0 Å². The van der Waals surface area contributed by atoms with Gasteiger partial charge in [-0.2, -0.15) is 0 Å². The van der Waals surface area contributed by atoms with Crippen LogP contribution in [-0.4, -0.2) is 11.2 Å². The number of hydrazine groups is 1. The number of nitrogen functional groups attached to an aromatic ring is 1. The molecule has 5 N–H and O–H groups in total. The molecule has 1 amide bonds. The van der Waals surface area contributed by atoms with Gasteiger partial charge in [-0.3, -0.25) is 10.2 Å². The van der Waals surface area contributed by atoms with Gasteiger partial charge in [0, 0.05) is 22.3 Å². The summed E-state index contributed by atoms with van der Waals surface area (Å²) in [4.78, 5) is 12.2. The first-order chi connectivity index (χ1) is 8.04. The summed E-state index contributed by atoms with van der Waals surface area (Å²) < 4.78 is 0. The van der Waals surface area contributed by atoms with Gasteiger partial charge in [0.2, 0.25) is 5.91 Å². The largest absolute Gasteiger partial charge is 0.398 e. The Labute approximate surface area is 106 Å². The van der Waals surface area contributed by atoms with Crippen LogP contribution in [0.4, 0.5) is 5.69 Å². The summed E-state index contributed by atoms with van der Waals surface area (Å²) in [5, 5.41) is 0.354. The molecule has 0 aliphatic carbocycles. The lowest BCUT2D eigenvalue weighted by Crippen LogP contribution is -2.30.